The number of hydrogen-bond acceptors (Lipinski definition) is 2. The third-order valence-electron chi connectivity index (χ3n) is 1.30. The van der Waals surface area contributed by atoms with E-state index in [2.05, 4.69) is 0 Å². The number of rotatable bonds is 3. The minimum atomic E-state index is -0.0833. The first-order chi connectivity index (χ1) is 4.22. The molecule has 0 fully saturated rings. The third-order valence-corrected chi connectivity index (χ3v) is 1.30. The van der Waals surface area contributed by atoms with Gasteiger partial charge >= 0.3 is 43.7 Å². The molecule has 0 bridgehead atoms. The third kappa shape index (κ3) is 5.51. The van der Waals surface area contributed by atoms with Crippen molar-refractivity contribution >= 4 is 43.7 Å². The van der Waals surface area contributed by atoms with Gasteiger partial charge in [-0.15, -0.1) is 0 Å². The summed E-state index contributed by atoms with van der Waals surface area (Å²) in [6.07, 6.45) is 0.860. The molecule has 0 N–H and O–H groups in total. The summed E-state index contributed by atoms with van der Waals surface area (Å²) in [5, 5.41) is 0. The molecule has 0 heterocycles. The van der Waals surface area contributed by atoms with E-state index in [4.69, 9.17) is 4.74 Å². The maximum atomic E-state index is 10.8. The quantitative estimate of drug-likeness (QED) is 0.475. The topological polar surface area (TPSA) is 26.3 Å². The molecule has 0 radical (unpaired) electrons. The van der Waals surface area contributed by atoms with Gasteiger partial charge in [0, 0.05) is 0 Å². The van der Waals surface area contributed by atoms with Crippen LogP contribution in [-0.4, -0.2) is 50.3 Å². The summed E-state index contributed by atoms with van der Waals surface area (Å²) in [4.78, 5) is 10.8. The molecule has 0 aliphatic rings. The normalized spacial score (nSPS) is 11.5. The van der Waals surface area contributed by atoms with Gasteiger partial charge in [0.25, 0.3) is 0 Å². The molecule has 1 atom stereocenters. The fraction of sp³-hybridized carbons (Fsp3) is 0.857. The number of hydrogen-bond donors (Lipinski definition) is 0. The molecule has 0 rings (SSSR count). The molecule has 0 aromatic carbocycles. The van der Waals surface area contributed by atoms with E-state index >= 15 is 0 Å². The molecule has 0 aromatic rings. The molecule has 0 spiro atoms. The number of ether oxygens (including phenoxy) is 1. The van der Waals surface area contributed by atoms with Gasteiger partial charge in [-0.25, -0.2) is 0 Å². The predicted octanol–water partition coefficient (Wildman–Crippen LogP) is 1.44. The molecule has 58 valence electrons. The molecule has 10 heavy (non-hydrogen) atoms. The molecule has 0 aromatic heterocycles. The van der Waals surface area contributed by atoms with E-state index in [0.717, 1.165) is 6.42 Å². The van der Waals surface area contributed by atoms with E-state index in [1.807, 2.05) is 20.8 Å². The van der Waals surface area contributed by atoms with E-state index in [9.17, 15) is 4.79 Å². The smallest absolute Gasteiger partial charge is 1.00 e. The molecule has 3 heteroatoms. The van der Waals surface area contributed by atoms with Crippen molar-refractivity contribution in [1.29, 1.82) is 0 Å². The Bertz CT molecular complexity index is 101. The Labute approximate surface area is 95.3 Å². The number of esters is 1. The number of carbonyl (C=O) groups is 1. The Morgan fingerprint density at radius 2 is 2.10 bits per heavy atom. The fourth-order valence-corrected chi connectivity index (χ4v) is 0.451. The Kier molecular flexibility index (Phi) is 10.4. The van der Waals surface area contributed by atoms with Gasteiger partial charge < -0.3 is 7.59 Å². The molecular weight excluding hydrogens is 156 g/mol. The molecule has 0 aliphatic heterocycles. The Balaban J connectivity index is -0.000000107. The zero-order chi connectivity index (χ0) is 7.28. The fourth-order valence-electron chi connectivity index (χ4n) is 0.451. The van der Waals surface area contributed by atoms with Crippen molar-refractivity contribution in [2.75, 3.05) is 6.61 Å². The van der Waals surface area contributed by atoms with E-state index in [1.165, 1.54) is 0 Å². The van der Waals surface area contributed by atoms with Gasteiger partial charge in [0.2, 0.25) is 0 Å². The van der Waals surface area contributed by atoms with Crippen LogP contribution >= 0.6 is 0 Å². The maximum absolute atomic E-state index is 10.8. The van der Waals surface area contributed by atoms with E-state index in [0.29, 0.717) is 6.61 Å². The first kappa shape index (κ1) is 13.3. The van der Waals surface area contributed by atoms with Crippen molar-refractivity contribution < 1.29 is 12.4 Å². The minimum Gasteiger partial charge on any atom is -1.00 e. The first-order valence-electron chi connectivity index (χ1n) is 3.39. The molecule has 0 saturated heterocycles. The van der Waals surface area contributed by atoms with Gasteiger partial charge in [-0.05, 0) is 13.3 Å². The average molecular weight is 172 g/mol. The van der Waals surface area contributed by atoms with Crippen molar-refractivity contribution in [1.82, 2.24) is 0 Å². The van der Waals surface area contributed by atoms with Gasteiger partial charge in [0.15, 0.2) is 0 Å². The minimum absolute atomic E-state index is 0. The summed E-state index contributed by atoms with van der Waals surface area (Å²) in [5.74, 6) is -0.0232. The standard InChI is InChI=1S/C7H14O2.Ca.2H/c1-4-6(3)7(8)9-5-2;;;/h6H,4-5H2,1-3H3;;;/q;+2;2*-1/t6-;;;/m1.../s1. The van der Waals surface area contributed by atoms with E-state index < -0.39 is 0 Å². The first-order valence-corrected chi connectivity index (χ1v) is 3.39. The summed E-state index contributed by atoms with van der Waals surface area (Å²) in [6, 6.07) is 0. The van der Waals surface area contributed by atoms with Gasteiger partial charge in [-0.2, -0.15) is 0 Å². The number of carbonyl (C=O) groups excluding carboxylic acids is 1. The Morgan fingerprint density at radius 1 is 1.60 bits per heavy atom. The van der Waals surface area contributed by atoms with Crippen LogP contribution in [-0.2, 0) is 9.53 Å². The monoisotopic (exact) mass is 172 g/mol. The second-order valence-corrected chi connectivity index (χ2v) is 2.06. The van der Waals surface area contributed by atoms with Crippen LogP contribution in [0.15, 0.2) is 0 Å². The van der Waals surface area contributed by atoms with Crippen LogP contribution in [0.1, 0.15) is 30.0 Å². The van der Waals surface area contributed by atoms with Crippen molar-refractivity contribution in [3.8, 4) is 0 Å². The zero-order valence-corrected chi connectivity index (χ0v) is 9.22. The predicted molar refractivity (Wildman–Crippen MR) is 44.1 cm³/mol. The van der Waals surface area contributed by atoms with Crippen molar-refractivity contribution in [2.24, 2.45) is 5.92 Å². The van der Waals surface area contributed by atoms with Crippen LogP contribution in [0.2, 0.25) is 0 Å². The average Bonchev–Trinajstić information content (AvgIpc) is 1.87. The zero-order valence-electron chi connectivity index (χ0n) is 9.02. The van der Waals surface area contributed by atoms with Gasteiger partial charge in [-0.3, -0.25) is 4.79 Å². The van der Waals surface area contributed by atoms with Crippen LogP contribution in [0.4, 0.5) is 0 Å². The second-order valence-electron chi connectivity index (χ2n) is 2.06. The van der Waals surface area contributed by atoms with Gasteiger partial charge in [0.05, 0.1) is 12.5 Å². The molecule has 0 aliphatic carbocycles. The largest absolute Gasteiger partial charge is 2.00 e. The summed E-state index contributed by atoms with van der Waals surface area (Å²) >= 11 is 0. The van der Waals surface area contributed by atoms with Crippen LogP contribution in [0.25, 0.3) is 0 Å². The summed E-state index contributed by atoms with van der Waals surface area (Å²) < 4.78 is 4.76. The van der Waals surface area contributed by atoms with Crippen molar-refractivity contribution in [3.63, 3.8) is 0 Å². The Hall–Kier alpha value is 0.730. The molecule has 0 unspecified atom stereocenters. The van der Waals surface area contributed by atoms with Crippen LogP contribution in [0, 0.1) is 5.92 Å². The van der Waals surface area contributed by atoms with Crippen LogP contribution in [0.3, 0.4) is 0 Å². The summed E-state index contributed by atoms with van der Waals surface area (Å²) in [7, 11) is 0. The SMILES string of the molecule is CCOC(=O)[C@H](C)CC.[Ca+2].[H-].[H-]. The molecule has 0 amide bonds. The van der Waals surface area contributed by atoms with Gasteiger partial charge in [-0.1, -0.05) is 13.8 Å². The molecule has 2 nitrogen and oxygen atoms in total. The summed E-state index contributed by atoms with van der Waals surface area (Å²) in [5.41, 5.74) is 0. The van der Waals surface area contributed by atoms with Crippen LogP contribution in [0.5, 0.6) is 0 Å². The maximum Gasteiger partial charge on any atom is 2.00 e. The van der Waals surface area contributed by atoms with E-state index in [1.54, 1.807) is 0 Å². The van der Waals surface area contributed by atoms with Crippen molar-refractivity contribution in [3.05, 3.63) is 0 Å². The molecule has 0 saturated carbocycles. The van der Waals surface area contributed by atoms with Gasteiger partial charge in [0.1, 0.15) is 0 Å². The summed E-state index contributed by atoms with van der Waals surface area (Å²) in [6.45, 7) is 6.16. The van der Waals surface area contributed by atoms with Crippen LogP contribution < -0.4 is 0 Å². The Morgan fingerprint density at radius 3 is 2.40 bits per heavy atom. The van der Waals surface area contributed by atoms with Crippen molar-refractivity contribution in [2.45, 2.75) is 27.2 Å². The second kappa shape index (κ2) is 7.83. The van der Waals surface area contributed by atoms with E-state index in [-0.39, 0.29) is 52.5 Å². The molecular formula is C7H16CaO2.